The average Bonchev–Trinajstić information content (AvgIpc) is 3.19. The van der Waals surface area contributed by atoms with E-state index in [2.05, 4.69) is 65.8 Å². The molecule has 0 amide bonds. The molecule has 3 nitrogen and oxygen atoms in total. The molecular formula is C24H23N3. The number of nitrogens with zero attached hydrogens (tertiary/aromatic N) is 2. The van der Waals surface area contributed by atoms with Crippen LogP contribution in [0.2, 0.25) is 0 Å². The van der Waals surface area contributed by atoms with Gasteiger partial charge in [-0.1, -0.05) is 49.4 Å². The summed E-state index contributed by atoms with van der Waals surface area (Å²) in [6, 6.07) is 23.2. The molecule has 0 radical (unpaired) electrons. The van der Waals surface area contributed by atoms with Gasteiger partial charge >= 0.3 is 0 Å². The van der Waals surface area contributed by atoms with Gasteiger partial charge in [-0.3, -0.25) is 9.98 Å². The highest BCUT2D eigenvalue weighted by atomic mass is 14.9. The zero-order chi connectivity index (χ0) is 18.5. The molecule has 134 valence electrons. The molecule has 0 bridgehead atoms. The van der Waals surface area contributed by atoms with Gasteiger partial charge in [-0.25, -0.2) is 0 Å². The van der Waals surface area contributed by atoms with E-state index in [1.54, 1.807) is 0 Å². The summed E-state index contributed by atoms with van der Waals surface area (Å²) < 4.78 is 0. The molecule has 1 aromatic heterocycles. The third-order valence-corrected chi connectivity index (χ3v) is 4.73. The van der Waals surface area contributed by atoms with Crippen LogP contribution in [0, 0.1) is 0 Å². The second-order valence-electron chi connectivity index (χ2n) is 6.67. The second-order valence-corrected chi connectivity index (χ2v) is 6.67. The monoisotopic (exact) mass is 353 g/mol. The van der Waals surface area contributed by atoms with E-state index in [0.717, 1.165) is 42.0 Å². The van der Waals surface area contributed by atoms with Crippen LogP contribution < -0.4 is 5.32 Å². The molecule has 3 aromatic rings. The number of nitrogens with one attached hydrogen (secondary N) is 1. The Morgan fingerprint density at radius 2 is 1.63 bits per heavy atom. The molecule has 0 saturated carbocycles. The lowest BCUT2D eigenvalue weighted by atomic mass is 9.96. The van der Waals surface area contributed by atoms with Gasteiger partial charge in [0.2, 0.25) is 0 Å². The highest BCUT2D eigenvalue weighted by molar-refractivity contribution is 6.16. The minimum absolute atomic E-state index is 0.832. The highest BCUT2D eigenvalue weighted by Gasteiger charge is 2.21. The van der Waals surface area contributed by atoms with Crippen molar-refractivity contribution in [1.82, 2.24) is 4.98 Å². The molecule has 0 saturated heterocycles. The van der Waals surface area contributed by atoms with E-state index in [-0.39, 0.29) is 0 Å². The predicted octanol–water partition coefficient (Wildman–Crippen LogP) is 5.66. The van der Waals surface area contributed by atoms with Gasteiger partial charge in [0.05, 0.1) is 11.4 Å². The van der Waals surface area contributed by atoms with Crippen molar-refractivity contribution in [2.24, 2.45) is 4.99 Å². The lowest BCUT2D eigenvalue weighted by Gasteiger charge is -2.10. The summed E-state index contributed by atoms with van der Waals surface area (Å²) in [6.07, 6.45) is 5.60. The van der Waals surface area contributed by atoms with Crippen molar-refractivity contribution in [3.05, 3.63) is 95.8 Å². The van der Waals surface area contributed by atoms with Crippen molar-refractivity contribution in [2.45, 2.75) is 19.8 Å². The van der Waals surface area contributed by atoms with Crippen LogP contribution in [-0.2, 0) is 0 Å². The van der Waals surface area contributed by atoms with Crippen LogP contribution >= 0.6 is 0 Å². The first-order valence-electron chi connectivity index (χ1n) is 9.46. The van der Waals surface area contributed by atoms with E-state index in [9.17, 15) is 0 Å². The van der Waals surface area contributed by atoms with Crippen LogP contribution in [0.25, 0.3) is 11.3 Å². The van der Waals surface area contributed by atoms with Crippen LogP contribution in [0.1, 0.15) is 36.5 Å². The number of hydrogen-bond acceptors (Lipinski definition) is 3. The number of aliphatic imine (C=N–C) groups is 1. The van der Waals surface area contributed by atoms with Crippen molar-refractivity contribution >= 4 is 22.7 Å². The molecule has 1 N–H and O–H groups in total. The fourth-order valence-corrected chi connectivity index (χ4v) is 3.36. The summed E-state index contributed by atoms with van der Waals surface area (Å²) in [5.74, 6) is 0. The average molecular weight is 353 g/mol. The van der Waals surface area contributed by atoms with Gasteiger partial charge in [-0.2, -0.15) is 0 Å². The predicted molar refractivity (Wildman–Crippen MR) is 114 cm³/mol. The number of hydrogen-bond donors (Lipinski definition) is 1. The fourth-order valence-electron chi connectivity index (χ4n) is 3.36. The quantitative estimate of drug-likeness (QED) is 0.620. The van der Waals surface area contributed by atoms with Gasteiger partial charge in [-0.05, 0) is 47.4 Å². The molecule has 0 spiro atoms. The maximum absolute atomic E-state index is 5.03. The Hall–Kier alpha value is -3.20. The topological polar surface area (TPSA) is 37.3 Å². The van der Waals surface area contributed by atoms with Gasteiger partial charge < -0.3 is 5.32 Å². The highest BCUT2D eigenvalue weighted by Crippen LogP contribution is 2.37. The van der Waals surface area contributed by atoms with E-state index in [0.29, 0.717) is 0 Å². The third kappa shape index (κ3) is 3.82. The number of aromatic nitrogens is 1. The van der Waals surface area contributed by atoms with Crippen LogP contribution in [0.15, 0.2) is 84.1 Å². The molecule has 27 heavy (non-hydrogen) atoms. The Labute approximate surface area is 160 Å². The summed E-state index contributed by atoms with van der Waals surface area (Å²) in [4.78, 5) is 9.18. The third-order valence-electron chi connectivity index (χ3n) is 4.73. The van der Waals surface area contributed by atoms with Gasteiger partial charge in [0.1, 0.15) is 0 Å². The first kappa shape index (κ1) is 17.2. The molecule has 4 rings (SSSR count). The molecule has 0 aliphatic carbocycles. The summed E-state index contributed by atoms with van der Waals surface area (Å²) in [7, 11) is 0. The Balaban J connectivity index is 1.75. The number of allylic oxidation sites excluding steroid dienone is 1. The Kier molecular flexibility index (Phi) is 5.10. The minimum Gasteiger partial charge on any atom is -0.385 e. The van der Waals surface area contributed by atoms with Crippen LogP contribution in [0.4, 0.5) is 5.69 Å². The van der Waals surface area contributed by atoms with Crippen LogP contribution in [0.5, 0.6) is 0 Å². The summed E-state index contributed by atoms with van der Waals surface area (Å²) in [6.45, 7) is 3.16. The zero-order valence-corrected chi connectivity index (χ0v) is 15.5. The van der Waals surface area contributed by atoms with E-state index >= 15 is 0 Å². The van der Waals surface area contributed by atoms with Crippen molar-refractivity contribution in [3.63, 3.8) is 0 Å². The Morgan fingerprint density at radius 1 is 0.852 bits per heavy atom. The number of pyridine rings is 1. The minimum atomic E-state index is 0.832. The molecule has 2 heterocycles. The van der Waals surface area contributed by atoms with Gasteiger partial charge in [0.25, 0.3) is 0 Å². The van der Waals surface area contributed by atoms with Crippen molar-refractivity contribution in [3.8, 4) is 0 Å². The van der Waals surface area contributed by atoms with Crippen LogP contribution in [-0.4, -0.2) is 17.2 Å². The SMILES string of the molecule is CCCNc1cccc(C2=C(c3ccncc3)N=C(c3ccccc3)C2)c1. The first-order valence-corrected chi connectivity index (χ1v) is 9.46. The molecule has 0 atom stereocenters. The van der Waals surface area contributed by atoms with Crippen LogP contribution in [0.3, 0.4) is 0 Å². The number of anilines is 1. The Morgan fingerprint density at radius 3 is 2.41 bits per heavy atom. The maximum Gasteiger partial charge on any atom is 0.0748 e. The first-order chi connectivity index (χ1) is 13.3. The lowest BCUT2D eigenvalue weighted by Crippen LogP contribution is -2.00. The smallest absolute Gasteiger partial charge is 0.0748 e. The fraction of sp³-hybridized carbons (Fsp3) is 0.167. The normalized spacial score (nSPS) is 13.6. The van der Waals surface area contributed by atoms with E-state index in [4.69, 9.17) is 4.99 Å². The molecule has 1 aliphatic rings. The van der Waals surface area contributed by atoms with Gasteiger partial charge in [-0.15, -0.1) is 0 Å². The standard InChI is InChI=1S/C24H23N3/c1-2-13-26-21-10-6-9-20(16-21)22-17-23(18-7-4-3-5-8-18)27-24(22)19-11-14-25-15-12-19/h3-12,14-16,26H,2,13,17H2,1H3. The summed E-state index contributed by atoms with van der Waals surface area (Å²) in [5, 5.41) is 3.49. The molecule has 3 heteroatoms. The van der Waals surface area contributed by atoms with E-state index in [1.165, 1.54) is 16.7 Å². The van der Waals surface area contributed by atoms with Gasteiger partial charge in [0.15, 0.2) is 0 Å². The zero-order valence-electron chi connectivity index (χ0n) is 15.5. The van der Waals surface area contributed by atoms with E-state index in [1.807, 2.05) is 30.6 Å². The molecular weight excluding hydrogens is 330 g/mol. The summed E-state index contributed by atoms with van der Waals surface area (Å²) >= 11 is 0. The van der Waals surface area contributed by atoms with Crippen molar-refractivity contribution in [1.29, 1.82) is 0 Å². The maximum atomic E-state index is 5.03. The lowest BCUT2D eigenvalue weighted by molar-refractivity contribution is 0.979. The van der Waals surface area contributed by atoms with E-state index < -0.39 is 0 Å². The Bertz CT molecular complexity index is 973. The molecule has 1 aliphatic heterocycles. The largest absolute Gasteiger partial charge is 0.385 e. The molecule has 2 aromatic carbocycles. The van der Waals surface area contributed by atoms with Crippen molar-refractivity contribution < 1.29 is 0 Å². The molecule has 0 fully saturated rings. The van der Waals surface area contributed by atoms with Gasteiger partial charge in [0, 0.05) is 36.6 Å². The second kappa shape index (κ2) is 8.00. The number of benzene rings is 2. The number of rotatable bonds is 6. The molecule has 0 unspecified atom stereocenters. The summed E-state index contributed by atoms with van der Waals surface area (Å²) in [5.41, 5.74) is 8.09. The van der Waals surface area contributed by atoms with Crippen molar-refractivity contribution in [2.75, 3.05) is 11.9 Å².